The Morgan fingerprint density at radius 2 is 1.58 bits per heavy atom. The molecule has 1 aromatic carbocycles. The SMILES string of the molecule is C[C@H](C=O)[C@@H]1CC[C@H]2[C@]1(C)CC[C@@H]1[C@]23C=C[C@@]2(C[C@@H](O[Si](C)(C)C(C)(C)C)CC[C@]12C)n1c(=O)c2ccccc2c(=O)n13. The first-order chi connectivity index (χ1) is 20.1. The lowest BCUT2D eigenvalue weighted by Crippen LogP contribution is -2.78. The number of carbonyl (C=O) groups is 1. The first kappa shape index (κ1) is 29.5. The van der Waals surface area contributed by atoms with Crippen LogP contribution in [0.4, 0.5) is 0 Å². The minimum absolute atomic E-state index is 0.0211. The van der Waals surface area contributed by atoms with E-state index >= 15 is 0 Å². The number of aldehydes is 1. The third-order valence-electron chi connectivity index (χ3n) is 14.2. The van der Waals surface area contributed by atoms with Crippen molar-refractivity contribution in [2.45, 2.75) is 122 Å². The first-order valence-electron chi connectivity index (χ1n) is 16.7. The van der Waals surface area contributed by atoms with Crippen molar-refractivity contribution in [2.24, 2.45) is 34.5 Å². The van der Waals surface area contributed by atoms with Gasteiger partial charge in [-0.25, -0.2) is 9.36 Å². The Morgan fingerprint density at radius 1 is 0.930 bits per heavy atom. The van der Waals surface area contributed by atoms with Crippen LogP contribution in [-0.2, 0) is 20.3 Å². The summed E-state index contributed by atoms with van der Waals surface area (Å²) in [6.45, 7) is 18.4. The van der Waals surface area contributed by atoms with Gasteiger partial charge in [0.2, 0.25) is 0 Å². The van der Waals surface area contributed by atoms with Crippen LogP contribution in [0.15, 0.2) is 46.0 Å². The van der Waals surface area contributed by atoms with E-state index in [0.29, 0.717) is 17.2 Å². The molecule has 7 heteroatoms. The van der Waals surface area contributed by atoms with Gasteiger partial charge in [-0.2, -0.15) is 0 Å². The fraction of sp³-hybridized carbons (Fsp3) is 0.694. The number of benzene rings is 1. The largest absolute Gasteiger partial charge is 0.414 e. The molecule has 232 valence electrons. The maximum atomic E-state index is 14.8. The molecule has 4 aliphatic carbocycles. The zero-order chi connectivity index (χ0) is 31.0. The molecule has 8 rings (SSSR count). The topological polar surface area (TPSA) is 70.3 Å². The minimum atomic E-state index is -2.06. The minimum Gasteiger partial charge on any atom is -0.414 e. The van der Waals surface area contributed by atoms with E-state index in [0.717, 1.165) is 44.8 Å². The van der Waals surface area contributed by atoms with Crippen LogP contribution in [0.3, 0.4) is 0 Å². The second-order valence-corrected chi connectivity index (χ2v) is 21.7. The predicted octanol–water partition coefficient (Wildman–Crippen LogP) is 7.00. The van der Waals surface area contributed by atoms with Crippen molar-refractivity contribution < 1.29 is 9.22 Å². The van der Waals surface area contributed by atoms with E-state index in [1.165, 1.54) is 0 Å². The zero-order valence-corrected chi connectivity index (χ0v) is 28.4. The predicted molar refractivity (Wildman–Crippen MR) is 174 cm³/mol. The van der Waals surface area contributed by atoms with Gasteiger partial charge in [0.15, 0.2) is 8.32 Å². The molecule has 9 atom stereocenters. The van der Waals surface area contributed by atoms with E-state index in [1.807, 2.05) is 33.6 Å². The number of aromatic nitrogens is 2. The summed E-state index contributed by atoms with van der Waals surface area (Å²) in [7, 11) is -2.06. The van der Waals surface area contributed by atoms with Crippen LogP contribution in [0.25, 0.3) is 10.8 Å². The monoisotopic (exact) mass is 602 g/mol. The molecule has 1 aromatic heterocycles. The van der Waals surface area contributed by atoms with Crippen molar-refractivity contribution in [1.29, 1.82) is 0 Å². The second kappa shape index (κ2) is 8.93. The van der Waals surface area contributed by atoms with Crippen molar-refractivity contribution in [3.05, 3.63) is 57.1 Å². The van der Waals surface area contributed by atoms with E-state index in [9.17, 15) is 14.4 Å². The maximum absolute atomic E-state index is 14.8. The van der Waals surface area contributed by atoms with Crippen LogP contribution in [-0.4, -0.2) is 30.1 Å². The summed E-state index contributed by atoms with van der Waals surface area (Å²) < 4.78 is 11.0. The Morgan fingerprint density at radius 3 is 2.21 bits per heavy atom. The maximum Gasteiger partial charge on any atom is 0.274 e. The van der Waals surface area contributed by atoms with E-state index in [1.54, 1.807) is 0 Å². The Kier molecular flexibility index (Phi) is 6.12. The Balaban J connectivity index is 1.50. The van der Waals surface area contributed by atoms with Crippen LogP contribution in [0.1, 0.15) is 86.5 Å². The number of hydrogen-bond acceptors (Lipinski definition) is 4. The molecule has 3 heterocycles. The molecule has 0 unspecified atom stereocenters. The van der Waals surface area contributed by atoms with Gasteiger partial charge in [0.05, 0.1) is 21.9 Å². The van der Waals surface area contributed by atoms with E-state index in [2.05, 4.69) is 66.8 Å². The van der Waals surface area contributed by atoms with Crippen LogP contribution < -0.4 is 11.1 Å². The molecule has 2 spiro atoms. The van der Waals surface area contributed by atoms with E-state index in [4.69, 9.17) is 4.43 Å². The van der Waals surface area contributed by atoms with Crippen LogP contribution >= 0.6 is 0 Å². The standard InChI is InChI=1S/C36H50N2O4Si/c1-23(22-39)27-13-14-28-33(27,5)17-16-29-34(6)18-15-24(42-43(7,8)32(2,3)4)21-35(34)19-20-36(28,29)38-31(41)26-12-10-9-11-25(26)30(40)37(35)38/h9-12,19-20,22-24,27-29H,13-18,21H2,1-8H3/t23-,24+,27+,28+,29+,33-,34-,35+,36+/m1/s1. The number of rotatable bonds is 4. The Labute approximate surface area is 257 Å². The number of allylic oxidation sites excluding steroid dienone is 2. The lowest BCUT2D eigenvalue weighted by Gasteiger charge is -2.72. The smallest absolute Gasteiger partial charge is 0.274 e. The molecule has 0 N–H and O–H groups in total. The van der Waals surface area contributed by atoms with Crippen molar-refractivity contribution in [2.75, 3.05) is 0 Å². The molecule has 3 saturated carbocycles. The lowest BCUT2D eigenvalue weighted by atomic mass is 9.40. The highest BCUT2D eigenvalue weighted by atomic mass is 28.4. The lowest BCUT2D eigenvalue weighted by molar-refractivity contribution is -0.200. The fourth-order valence-electron chi connectivity index (χ4n) is 11.1. The van der Waals surface area contributed by atoms with Gasteiger partial charge in [0, 0.05) is 23.9 Å². The molecule has 3 fully saturated rings. The first-order valence-corrected chi connectivity index (χ1v) is 19.6. The van der Waals surface area contributed by atoms with Gasteiger partial charge in [-0.1, -0.05) is 65.8 Å². The van der Waals surface area contributed by atoms with E-state index in [-0.39, 0.29) is 56.8 Å². The van der Waals surface area contributed by atoms with Gasteiger partial charge < -0.3 is 9.22 Å². The molecule has 2 aromatic rings. The Bertz CT molecular complexity index is 1670. The molecule has 43 heavy (non-hydrogen) atoms. The fourth-order valence-corrected chi connectivity index (χ4v) is 12.5. The quantitative estimate of drug-likeness (QED) is 0.215. The van der Waals surface area contributed by atoms with Crippen molar-refractivity contribution in [1.82, 2.24) is 9.36 Å². The van der Waals surface area contributed by atoms with Gasteiger partial charge >= 0.3 is 0 Å². The summed E-state index contributed by atoms with van der Waals surface area (Å²) in [5, 5.41) is 1.12. The summed E-state index contributed by atoms with van der Waals surface area (Å²) in [5.74, 6) is 0.682. The van der Waals surface area contributed by atoms with Gasteiger partial charge in [0.25, 0.3) is 11.1 Å². The molecule has 2 aliphatic heterocycles. The molecule has 0 amide bonds. The van der Waals surface area contributed by atoms with Crippen LogP contribution in [0, 0.1) is 34.5 Å². The molecule has 2 bridgehead atoms. The van der Waals surface area contributed by atoms with Gasteiger partial charge in [0.1, 0.15) is 6.29 Å². The number of nitrogens with zero attached hydrogens (tertiary/aromatic N) is 2. The van der Waals surface area contributed by atoms with Crippen LogP contribution in [0.2, 0.25) is 18.1 Å². The molecular weight excluding hydrogens is 552 g/mol. The summed E-state index contributed by atoms with van der Waals surface area (Å²) in [4.78, 5) is 41.7. The summed E-state index contributed by atoms with van der Waals surface area (Å²) in [6.07, 6.45) is 12.6. The average Bonchev–Trinajstić information content (AvgIpc) is 3.32. The van der Waals surface area contributed by atoms with Crippen LogP contribution in [0.5, 0.6) is 0 Å². The second-order valence-electron chi connectivity index (χ2n) is 16.9. The normalized spacial score (nSPS) is 40.5. The zero-order valence-electron chi connectivity index (χ0n) is 27.4. The Hall–Kier alpha value is -2.25. The van der Waals surface area contributed by atoms with Gasteiger partial charge in [-0.15, -0.1) is 0 Å². The average molecular weight is 603 g/mol. The third-order valence-corrected chi connectivity index (χ3v) is 18.8. The highest BCUT2D eigenvalue weighted by molar-refractivity contribution is 6.74. The number of fused-ring (bicyclic) bond motifs is 2. The van der Waals surface area contributed by atoms with Gasteiger partial charge in [-0.05, 0) is 92.0 Å². The summed E-state index contributed by atoms with van der Waals surface area (Å²) >= 11 is 0. The highest BCUT2D eigenvalue weighted by Gasteiger charge is 2.74. The van der Waals surface area contributed by atoms with Crippen molar-refractivity contribution >= 4 is 25.4 Å². The molecule has 0 radical (unpaired) electrons. The number of carbonyl (C=O) groups excluding carboxylic acids is 1. The molecular formula is C36H50N2O4Si. The summed E-state index contributed by atoms with van der Waals surface area (Å²) in [6, 6.07) is 7.41. The summed E-state index contributed by atoms with van der Waals surface area (Å²) in [5.41, 5.74) is -1.59. The van der Waals surface area contributed by atoms with Crippen molar-refractivity contribution in [3.8, 4) is 0 Å². The van der Waals surface area contributed by atoms with E-state index < -0.39 is 19.4 Å². The third kappa shape index (κ3) is 3.42. The molecule has 6 aliphatic rings. The number of hydrogen-bond donors (Lipinski definition) is 0. The molecule has 6 nitrogen and oxygen atoms in total. The molecule has 0 saturated heterocycles. The van der Waals surface area contributed by atoms with Crippen molar-refractivity contribution in [3.63, 3.8) is 0 Å². The van der Waals surface area contributed by atoms with Gasteiger partial charge in [-0.3, -0.25) is 9.59 Å². The highest BCUT2D eigenvalue weighted by Crippen LogP contribution is 2.74.